The first-order valence-corrected chi connectivity index (χ1v) is 11.3. The van der Waals surface area contributed by atoms with Crippen molar-refractivity contribution in [2.24, 2.45) is 0 Å². The van der Waals surface area contributed by atoms with Gasteiger partial charge in [-0.2, -0.15) is 0 Å². The maximum Gasteiger partial charge on any atom is 0.256 e. The van der Waals surface area contributed by atoms with Crippen molar-refractivity contribution < 1.29 is 14.3 Å². The van der Waals surface area contributed by atoms with Gasteiger partial charge in [-0.3, -0.25) is 9.59 Å². The first-order chi connectivity index (χ1) is 14.5. The number of nitrogens with zero attached hydrogens (tertiary/aromatic N) is 2. The Hall–Kier alpha value is -2.11. The summed E-state index contributed by atoms with van der Waals surface area (Å²) in [5.74, 6) is 0.125. The molecule has 30 heavy (non-hydrogen) atoms. The lowest BCUT2D eigenvalue weighted by atomic mass is 9.90. The van der Waals surface area contributed by atoms with Gasteiger partial charge in [0.15, 0.2) is 5.78 Å². The third kappa shape index (κ3) is 3.93. The van der Waals surface area contributed by atoms with Gasteiger partial charge in [0.2, 0.25) is 0 Å². The molecule has 0 radical (unpaired) electrons. The summed E-state index contributed by atoms with van der Waals surface area (Å²) in [5, 5.41) is 0.696. The van der Waals surface area contributed by atoms with Crippen molar-refractivity contribution >= 4 is 23.3 Å². The molecule has 0 spiro atoms. The van der Waals surface area contributed by atoms with Gasteiger partial charge in [0, 0.05) is 30.6 Å². The Kier molecular flexibility index (Phi) is 6.30. The van der Waals surface area contributed by atoms with Crippen molar-refractivity contribution in [2.75, 3.05) is 13.2 Å². The smallest absolute Gasteiger partial charge is 0.256 e. The summed E-state index contributed by atoms with van der Waals surface area (Å²) in [6.45, 7) is 6.47. The zero-order chi connectivity index (χ0) is 21.3. The predicted molar refractivity (Wildman–Crippen MR) is 117 cm³/mol. The Morgan fingerprint density at radius 3 is 2.77 bits per heavy atom. The minimum absolute atomic E-state index is 0.0199. The summed E-state index contributed by atoms with van der Waals surface area (Å²) in [7, 11) is 0. The van der Waals surface area contributed by atoms with Crippen LogP contribution in [0.25, 0.3) is 0 Å². The number of carbonyl (C=O) groups is 2. The predicted octanol–water partition coefficient (Wildman–Crippen LogP) is 5.06. The van der Waals surface area contributed by atoms with Crippen LogP contribution in [0.2, 0.25) is 5.02 Å². The molecule has 0 saturated carbocycles. The lowest BCUT2D eigenvalue weighted by Gasteiger charge is -2.23. The average Bonchev–Trinajstić information content (AvgIpc) is 3.36. The second kappa shape index (κ2) is 8.94. The molecule has 6 heteroatoms. The molecule has 1 fully saturated rings. The van der Waals surface area contributed by atoms with Gasteiger partial charge < -0.3 is 14.2 Å². The van der Waals surface area contributed by atoms with E-state index in [0.717, 1.165) is 37.1 Å². The zero-order valence-corrected chi connectivity index (χ0v) is 18.5. The van der Waals surface area contributed by atoms with Crippen LogP contribution in [0.3, 0.4) is 0 Å². The Labute approximate surface area is 183 Å². The first kappa shape index (κ1) is 21.1. The molecule has 0 unspecified atom stereocenters. The van der Waals surface area contributed by atoms with E-state index in [-0.39, 0.29) is 23.7 Å². The molecule has 160 valence electrons. The summed E-state index contributed by atoms with van der Waals surface area (Å²) in [5.41, 5.74) is 3.08. The number of amides is 1. The van der Waals surface area contributed by atoms with E-state index >= 15 is 0 Å². The van der Waals surface area contributed by atoms with Crippen LogP contribution in [0.4, 0.5) is 0 Å². The molecule has 1 aromatic heterocycles. The van der Waals surface area contributed by atoms with Crippen LogP contribution in [-0.4, -0.2) is 40.4 Å². The van der Waals surface area contributed by atoms with E-state index in [1.807, 2.05) is 33.7 Å². The topological polar surface area (TPSA) is 51.5 Å². The fourth-order valence-electron chi connectivity index (χ4n) is 4.74. The van der Waals surface area contributed by atoms with Gasteiger partial charge in [0.1, 0.15) is 0 Å². The molecule has 2 aliphatic heterocycles. The fraction of sp³-hybridized carbons (Fsp3) is 0.500. The molecule has 0 aliphatic carbocycles. The maximum absolute atomic E-state index is 13.4. The highest BCUT2D eigenvalue weighted by Gasteiger charge is 2.32. The largest absolute Gasteiger partial charge is 0.373 e. The molecular weight excluding hydrogens is 400 g/mol. The van der Waals surface area contributed by atoms with E-state index in [0.29, 0.717) is 42.5 Å². The van der Waals surface area contributed by atoms with Gasteiger partial charge in [0.05, 0.1) is 30.2 Å². The molecular formula is C24H29ClN2O3. The van der Waals surface area contributed by atoms with Crippen molar-refractivity contribution in [3.8, 4) is 0 Å². The van der Waals surface area contributed by atoms with Gasteiger partial charge in [0.25, 0.3) is 5.91 Å². The van der Waals surface area contributed by atoms with Crippen molar-refractivity contribution in [1.82, 2.24) is 9.47 Å². The third-order valence-electron chi connectivity index (χ3n) is 6.51. The molecule has 1 saturated heterocycles. The Balaban J connectivity index is 1.63. The van der Waals surface area contributed by atoms with E-state index in [9.17, 15) is 9.59 Å². The number of rotatable bonds is 6. The molecule has 2 atom stereocenters. The van der Waals surface area contributed by atoms with Crippen LogP contribution in [0.5, 0.6) is 0 Å². The Bertz CT molecular complexity index is 952. The number of hydrogen-bond donors (Lipinski definition) is 0. The highest BCUT2D eigenvalue weighted by Crippen LogP contribution is 2.32. The van der Waals surface area contributed by atoms with Crippen LogP contribution in [0.15, 0.2) is 30.3 Å². The highest BCUT2D eigenvalue weighted by atomic mass is 35.5. The summed E-state index contributed by atoms with van der Waals surface area (Å²) in [6.07, 6.45) is 3.25. The fourth-order valence-corrected chi connectivity index (χ4v) is 5.03. The SMILES string of the molecule is CC[C@@H](CC(=O)c1cc(C(=O)N2CCC[C@@H]2C)c2n1CCOC2)c1ccccc1Cl. The average molecular weight is 429 g/mol. The third-order valence-corrected chi connectivity index (χ3v) is 6.85. The molecule has 2 aliphatic rings. The van der Waals surface area contributed by atoms with E-state index in [2.05, 4.69) is 13.8 Å². The number of likely N-dealkylation sites (tertiary alicyclic amines) is 1. The summed E-state index contributed by atoms with van der Waals surface area (Å²) in [6, 6.07) is 9.77. The maximum atomic E-state index is 13.4. The van der Waals surface area contributed by atoms with Crippen molar-refractivity contribution in [1.29, 1.82) is 0 Å². The van der Waals surface area contributed by atoms with Crippen LogP contribution < -0.4 is 0 Å². The number of benzene rings is 1. The minimum Gasteiger partial charge on any atom is -0.373 e. The minimum atomic E-state index is 0.0199. The Morgan fingerprint density at radius 1 is 1.27 bits per heavy atom. The number of carbonyl (C=O) groups excluding carboxylic acids is 2. The summed E-state index contributed by atoms with van der Waals surface area (Å²) in [4.78, 5) is 28.5. The van der Waals surface area contributed by atoms with Gasteiger partial charge in [-0.05, 0) is 49.8 Å². The number of aromatic nitrogens is 1. The number of hydrogen-bond acceptors (Lipinski definition) is 3. The van der Waals surface area contributed by atoms with Gasteiger partial charge in [-0.15, -0.1) is 0 Å². The molecule has 4 rings (SSSR count). The highest BCUT2D eigenvalue weighted by molar-refractivity contribution is 6.31. The number of halogens is 1. The Morgan fingerprint density at radius 2 is 2.07 bits per heavy atom. The van der Waals surface area contributed by atoms with Crippen LogP contribution in [-0.2, 0) is 17.9 Å². The number of ether oxygens (including phenoxy) is 1. The second-order valence-corrected chi connectivity index (χ2v) is 8.75. The molecule has 1 amide bonds. The lowest BCUT2D eigenvalue weighted by Crippen LogP contribution is -2.34. The van der Waals surface area contributed by atoms with Crippen LogP contribution in [0.1, 0.15) is 77.6 Å². The monoisotopic (exact) mass is 428 g/mol. The van der Waals surface area contributed by atoms with Crippen LogP contribution >= 0.6 is 11.6 Å². The molecule has 3 heterocycles. The second-order valence-electron chi connectivity index (χ2n) is 8.34. The van der Waals surface area contributed by atoms with Gasteiger partial charge >= 0.3 is 0 Å². The summed E-state index contributed by atoms with van der Waals surface area (Å²) >= 11 is 6.39. The summed E-state index contributed by atoms with van der Waals surface area (Å²) < 4.78 is 7.64. The molecule has 2 aromatic rings. The van der Waals surface area contributed by atoms with E-state index < -0.39 is 0 Å². The first-order valence-electron chi connectivity index (χ1n) is 10.9. The van der Waals surface area contributed by atoms with Gasteiger partial charge in [-0.1, -0.05) is 36.7 Å². The van der Waals surface area contributed by atoms with Crippen molar-refractivity contribution in [3.05, 3.63) is 57.9 Å². The van der Waals surface area contributed by atoms with Crippen molar-refractivity contribution in [3.63, 3.8) is 0 Å². The zero-order valence-electron chi connectivity index (χ0n) is 17.7. The molecule has 5 nitrogen and oxygen atoms in total. The lowest BCUT2D eigenvalue weighted by molar-refractivity contribution is 0.0698. The standard InChI is InChI=1S/C24H29ClN2O3/c1-3-17(18-8-4-5-9-20(18)25)13-23(28)21-14-19(22-15-30-12-11-27(21)22)24(29)26-10-6-7-16(26)2/h4-5,8-9,14,16-17H,3,6-7,10-13,15H2,1-2H3/t16-,17-/m0/s1. The van der Waals surface area contributed by atoms with Gasteiger partial charge in [-0.25, -0.2) is 0 Å². The number of ketones is 1. The quantitative estimate of drug-likeness (QED) is 0.604. The molecule has 0 N–H and O–H groups in total. The van der Waals surface area contributed by atoms with Crippen LogP contribution in [0, 0.1) is 0 Å². The van der Waals surface area contributed by atoms with E-state index in [1.54, 1.807) is 6.07 Å². The number of fused-ring (bicyclic) bond motifs is 1. The number of Topliss-reactive ketones (excluding diaryl/α,β-unsaturated/α-hetero) is 1. The normalized spacial score (nSPS) is 19.6. The molecule has 0 bridgehead atoms. The van der Waals surface area contributed by atoms with E-state index in [1.165, 1.54) is 0 Å². The van der Waals surface area contributed by atoms with Crippen molar-refractivity contribution in [2.45, 2.75) is 64.6 Å². The molecule has 1 aromatic carbocycles. The van der Waals surface area contributed by atoms with E-state index in [4.69, 9.17) is 16.3 Å².